The number of cyclic esters (lactones) is 2. The van der Waals surface area contributed by atoms with Gasteiger partial charge < -0.3 is 4.74 Å². The fourth-order valence-corrected chi connectivity index (χ4v) is 2.09. The highest BCUT2D eigenvalue weighted by molar-refractivity contribution is 6.21. The van der Waals surface area contributed by atoms with Gasteiger partial charge in [-0.25, -0.2) is 9.59 Å². The van der Waals surface area contributed by atoms with Crippen LogP contribution in [0, 0.1) is 6.92 Å². The number of ether oxygens (including phenoxy) is 1. The summed E-state index contributed by atoms with van der Waals surface area (Å²) in [4.78, 5) is 23.1. The van der Waals surface area contributed by atoms with E-state index in [0.717, 1.165) is 10.9 Å². The summed E-state index contributed by atoms with van der Waals surface area (Å²) in [5.41, 5.74) is 1.98. The van der Waals surface area contributed by atoms with Crippen molar-refractivity contribution in [1.29, 1.82) is 0 Å². The van der Waals surface area contributed by atoms with Crippen molar-refractivity contribution in [2.45, 2.75) is 20.8 Å². The third-order valence-corrected chi connectivity index (χ3v) is 2.88. The van der Waals surface area contributed by atoms with Gasteiger partial charge in [-0.15, -0.1) is 0 Å². The minimum Gasteiger partial charge on any atom is -0.386 e. The number of carbonyl (C=O) groups is 2. The number of hydrogen-bond acceptors (Lipinski definition) is 3. The van der Waals surface area contributed by atoms with Crippen LogP contribution in [0.2, 0.25) is 0 Å². The molecule has 3 nitrogen and oxygen atoms in total. The van der Waals surface area contributed by atoms with Gasteiger partial charge in [-0.3, -0.25) is 0 Å². The summed E-state index contributed by atoms with van der Waals surface area (Å²) >= 11 is 0. The molecule has 0 fully saturated rings. The van der Waals surface area contributed by atoms with E-state index in [-0.39, 0.29) is 0 Å². The molecule has 0 amide bonds. The van der Waals surface area contributed by atoms with Crippen molar-refractivity contribution >= 4 is 22.7 Å². The zero-order valence-corrected chi connectivity index (χ0v) is 10.6. The van der Waals surface area contributed by atoms with Crippen molar-refractivity contribution in [3.05, 3.63) is 47.0 Å². The Balaban J connectivity index is 0.000000574. The van der Waals surface area contributed by atoms with Crippen LogP contribution in [0.1, 0.15) is 40.1 Å². The van der Waals surface area contributed by atoms with E-state index in [0.29, 0.717) is 16.5 Å². The van der Waals surface area contributed by atoms with Crippen LogP contribution in [-0.2, 0) is 4.74 Å². The molecule has 0 aliphatic carbocycles. The zero-order valence-electron chi connectivity index (χ0n) is 10.6. The third-order valence-electron chi connectivity index (χ3n) is 2.88. The Morgan fingerprint density at radius 1 is 0.889 bits per heavy atom. The van der Waals surface area contributed by atoms with Gasteiger partial charge in [0, 0.05) is 5.39 Å². The highest BCUT2D eigenvalue weighted by atomic mass is 16.6. The molecule has 18 heavy (non-hydrogen) atoms. The Morgan fingerprint density at radius 3 is 2.17 bits per heavy atom. The predicted molar refractivity (Wildman–Crippen MR) is 69.8 cm³/mol. The van der Waals surface area contributed by atoms with E-state index in [1.165, 1.54) is 0 Å². The van der Waals surface area contributed by atoms with Crippen molar-refractivity contribution in [3.8, 4) is 0 Å². The Bertz CT molecular complexity index is 621. The number of esters is 2. The number of carbonyl (C=O) groups excluding carboxylic acids is 2. The van der Waals surface area contributed by atoms with Crippen LogP contribution >= 0.6 is 0 Å². The standard InChI is InChI=1S/C13H8O3.C2H6/c1-7-5-6-10-11-8(7)3-2-4-9(11)12(14)16-13(10)15;1-2/h2-6H,1H3;1-2H3. The summed E-state index contributed by atoms with van der Waals surface area (Å²) < 4.78 is 4.66. The number of aryl methyl sites for hydroxylation is 1. The van der Waals surface area contributed by atoms with E-state index < -0.39 is 11.9 Å². The lowest BCUT2D eigenvalue weighted by Crippen LogP contribution is -2.19. The van der Waals surface area contributed by atoms with Gasteiger partial charge in [0.1, 0.15) is 0 Å². The van der Waals surface area contributed by atoms with Crippen LogP contribution in [0.15, 0.2) is 30.3 Å². The lowest BCUT2D eigenvalue weighted by Gasteiger charge is -2.16. The molecule has 92 valence electrons. The average molecular weight is 242 g/mol. The summed E-state index contributed by atoms with van der Waals surface area (Å²) in [6, 6.07) is 8.95. The molecule has 3 rings (SSSR count). The van der Waals surface area contributed by atoms with E-state index in [9.17, 15) is 9.59 Å². The molecule has 1 aliphatic heterocycles. The third kappa shape index (κ3) is 1.68. The van der Waals surface area contributed by atoms with Crippen LogP contribution < -0.4 is 0 Å². The molecular formula is C15H14O3. The van der Waals surface area contributed by atoms with Gasteiger partial charge in [0.25, 0.3) is 0 Å². The molecule has 0 N–H and O–H groups in total. The fourth-order valence-electron chi connectivity index (χ4n) is 2.09. The first-order valence-corrected chi connectivity index (χ1v) is 5.97. The minimum absolute atomic E-state index is 0.468. The monoisotopic (exact) mass is 242 g/mol. The molecule has 2 aromatic carbocycles. The maximum atomic E-state index is 11.6. The van der Waals surface area contributed by atoms with Crippen LogP contribution in [0.4, 0.5) is 0 Å². The van der Waals surface area contributed by atoms with Crippen LogP contribution in [-0.4, -0.2) is 11.9 Å². The number of hydrogen-bond donors (Lipinski definition) is 0. The molecule has 0 atom stereocenters. The fraction of sp³-hybridized carbons (Fsp3) is 0.200. The molecule has 2 aromatic rings. The molecule has 0 spiro atoms. The second kappa shape index (κ2) is 4.61. The van der Waals surface area contributed by atoms with Gasteiger partial charge in [0.05, 0.1) is 11.1 Å². The Kier molecular flexibility index (Phi) is 3.15. The zero-order chi connectivity index (χ0) is 13.3. The molecule has 0 saturated carbocycles. The van der Waals surface area contributed by atoms with Crippen molar-refractivity contribution < 1.29 is 14.3 Å². The van der Waals surface area contributed by atoms with Crippen molar-refractivity contribution in [3.63, 3.8) is 0 Å². The lowest BCUT2D eigenvalue weighted by molar-refractivity contribution is 0.0391. The molecule has 0 radical (unpaired) electrons. The number of benzene rings is 2. The van der Waals surface area contributed by atoms with E-state index in [4.69, 9.17) is 0 Å². The molecule has 0 saturated heterocycles. The van der Waals surface area contributed by atoms with Crippen molar-refractivity contribution in [1.82, 2.24) is 0 Å². The first-order valence-electron chi connectivity index (χ1n) is 5.97. The minimum atomic E-state index is -0.561. The van der Waals surface area contributed by atoms with E-state index in [2.05, 4.69) is 4.74 Å². The maximum Gasteiger partial charge on any atom is 0.346 e. The highest BCUT2D eigenvalue weighted by Crippen LogP contribution is 2.30. The van der Waals surface area contributed by atoms with Gasteiger partial charge >= 0.3 is 11.9 Å². The van der Waals surface area contributed by atoms with Crippen LogP contribution in [0.3, 0.4) is 0 Å². The second-order valence-corrected chi connectivity index (χ2v) is 3.84. The highest BCUT2D eigenvalue weighted by Gasteiger charge is 2.27. The molecule has 1 aliphatic rings. The topological polar surface area (TPSA) is 43.4 Å². The van der Waals surface area contributed by atoms with E-state index >= 15 is 0 Å². The molecule has 0 aromatic heterocycles. The first kappa shape index (κ1) is 12.3. The van der Waals surface area contributed by atoms with Gasteiger partial charge in [0.15, 0.2) is 0 Å². The predicted octanol–water partition coefficient (Wildman–Crippen LogP) is 3.49. The van der Waals surface area contributed by atoms with Crippen molar-refractivity contribution in [2.75, 3.05) is 0 Å². The first-order chi connectivity index (χ1) is 8.68. The van der Waals surface area contributed by atoms with Gasteiger partial charge in [-0.05, 0) is 30.0 Å². The van der Waals surface area contributed by atoms with Gasteiger partial charge in [-0.2, -0.15) is 0 Å². The summed E-state index contributed by atoms with van der Waals surface area (Å²) in [7, 11) is 0. The Hall–Kier alpha value is -2.16. The van der Waals surface area contributed by atoms with Gasteiger partial charge in [0.2, 0.25) is 0 Å². The van der Waals surface area contributed by atoms with E-state index in [1.54, 1.807) is 18.2 Å². The SMILES string of the molecule is CC.Cc1ccc2c3c(cccc13)C(=O)OC2=O. The quantitative estimate of drug-likeness (QED) is 0.524. The smallest absolute Gasteiger partial charge is 0.346 e. The summed E-state index contributed by atoms with van der Waals surface area (Å²) in [6.45, 7) is 5.95. The van der Waals surface area contributed by atoms with E-state index in [1.807, 2.05) is 32.9 Å². The second-order valence-electron chi connectivity index (χ2n) is 3.84. The van der Waals surface area contributed by atoms with Gasteiger partial charge in [-0.1, -0.05) is 32.0 Å². The Labute approximate surface area is 105 Å². The molecule has 0 bridgehead atoms. The Morgan fingerprint density at radius 2 is 1.50 bits per heavy atom. The number of rotatable bonds is 0. The normalized spacial score (nSPS) is 12.8. The summed E-state index contributed by atoms with van der Waals surface area (Å²) in [5, 5.41) is 1.64. The van der Waals surface area contributed by atoms with Crippen LogP contribution in [0.25, 0.3) is 10.8 Å². The molecule has 0 unspecified atom stereocenters. The molecular weight excluding hydrogens is 228 g/mol. The summed E-state index contributed by atoms with van der Waals surface area (Å²) in [5.74, 6) is -1.12. The molecule has 3 heteroatoms. The molecule has 1 heterocycles. The van der Waals surface area contributed by atoms with Crippen LogP contribution in [0.5, 0.6) is 0 Å². The largest absolute Gasteiger partial charge is 0.386 e. The summed E-state index contributed by atoms with van der Waals surface area (Å²) in [6.07, 6.45) is 0. The van der Waals surface area contributed by atoms with Crippen molar-refractivity contribution in [2.24, 2.45) is 0 Å². The average Bonchev–Trinajstić information content (AvgIpc) is 2.40. The maximum absolute atomic E-state index is 11.6. The lowest BCUT2D eigenvalue weighted by atomic mass is 9.94.